The lowest BCUT2D eigenvalue weighted by Gasteiger charge is -2.31. The Balaban J connectivity index is 1.71. The Morgan fingerprint density at radius 2 is 2.00 bits per heavy atom. The third-order valence-corrected chi connectivity index (χ3v) is 5.50. The normalized spacial score (nSPS) is 15.5. The number of thiazole rings is 1. The van der Waals surface area contributed by atoms with Crippen molar-refractivity contribution in [2.45, 2.75) is 31.8 Å². The predicted octanol–water partition coefficient (Wildman–Crippen LogP) is 2.92. The van der Waals surface area contributed by atoms with Gasteiger partial charge in [0.05, 0.1) is 12.3 Å². The zero-order valence-electron chi connectivity index (χ0n) is 14.9. The van der Waals surface area contributed by atoms with E-state index < -0.39 is 34.7 Å². The van der Waals surface area contributed by atoms with E-state index in [1.165, 1.54) is 25.1 Å². The minimum Gasteiger partial charge on any atom is -0.393 e. The number of piperidine rings is 1. The van der Waals surface area contributed by atoms with Crippen molar-refractivity contribution in [3.63, 3.8) is 0 Å². The van der Waals surface area contributed by atoms with Crippen LogP contribution in [-0.4, -0.2) is 46.0 Å². The smallest absolute Gasteiger partial charge is 0.375 e. The highest BCUT2D eigenvalue weighted by molar-refractivity contribution is 7.14. The number of rotatable bonds is 4. The molecule has 1 aliphatic rings. The van der Waals surface area contributed by atoms with Crippen LogP contribution in [0, 0.1) is 12.7 Å². The van der Waals surface area contributed by atoms with Gasteiger partial charge in [0.2, 0.25) is 0 Å². The first-order chi connectivity index (χ1) is 13.2. The molecule has 6 nitrogen and oxygen atoms in total. The van der Waals surface area contributed by atoms with Crippen molar-refractivity contribution in [1.29, 1.82) is 0 Å². The molecule has 1 aromatic carbocycles. The maximum atomic E-state index is 14.6. The molecule has 10 heteroatoms. The van der Waals surface area contributed by atoms with E-state index in [4.69, 9.17) is 0 Å². The second-order valence-corrected chi connectivity index (χ2v) is 7.58. The average molecular weight is 413 g/mol. The number of alkyl halides is 2. The van der Waals surface area contributed by atoms with Crippen LogP contribution in [0.15, 0.2) is 24.4 Å². The predicted molar refractivity (Wildman–Crippen MR) is 96.9 cm³/mol. The van der Waals surface area contributed by atoms with Crippen molar-refractivity contribution in [1.82, 2.24) is 9.88 Å². The van der Waals surface area contributed by atoms with Gasteiger partial charge in [-0.2, -0.15) is 8.78 Å². The Kier molecular flexibility index (Phi) is 5.71. The fraction of sp³-hybridized carbons (Fsp3) is 0.389. The molecule has 2 N–H and O–H groups in total. The van der Waals surface area contributed by atoms with E-state index in [1.54, 1.807) is 0 Å². The number of amides is 2. The number of nitrogens with zero attached hydrogens (tertiary/aromatic N) is 2. The lowest BCUT2D eigenvalue weighted by molar-refractivity contribution is -0.161. The highest BCUT2D eigenvalue weighted by Gasteiger charge is 2.47. The number of carbonyl (C=O) groups excluding carboxylic acids is 2. The van der Waals surface area contributed by atoms with E-state index in [-0.39, 0.29) is 30.8 Å². The number of nitrogens with one attached hydrogen (secondary N) is 1. The summed E-state index contributed by atoms with van der Waals surface area (Å²) in [7, 11) is 0. The zero-order chi connectivity index (χ0) is 20.5. The van der Waals surface area contributed by atoms with Crippen LogP contribution in [0.5, 0.6) is 0 Å². The SMILES string of the molecule is Cc1cc(NC(=O)c2cnc(C(F)(F)C(=O)N3CCC(O)CC3)s2)ccc1F. The monoisotopic (exact) mass is 413 g/mol. The van der Waals surface area contributed by atoms with Crippen molar-refractivity contribution in [3.8, 4) is 0 Å². The number of aliphatic hydroxyl groups excluding tert-OH is 1. The molecular formula is C18H18F3N3O3S. The van der Waals surface area contributed by atoms with Crippen LogP contribution in [0.1, 0.15) is 33.1 Å². The number of aliphatic hydroxyl groups is 1. The van der Waals surface area contributed by atoms with E-state index >= 15 is 0 Å². The van der Waals surface area contributed by atoms with E-state index in [9.17, 15) is 27.9 Å². The molecule has 0 atom stereocenters. The number of likely N-dealkylation sites (tertiary alicyclic amines) is 1. The number of hydrogen-bond acceptors (Lipinski definition) is 5. The highest BCUT2D eigenvalue weighted by Crippen LogP contribution is 2.34. The van der Waals surface area contributed by atoms with Crippen LogP contribution in [0.25, 0.3) is 0 Å². The van der Waals surface area contributed by atoms with Gasteiger partial charge in [0.25, 0.3) is 5.91 Å². The summed E-state index contributed by atoms with van der Waals surface area (Å²) in [5.74, 6) is -6.37. The van der Waals surface area contributed by atoms with E-state index in [0.29, 0.717) is 22.6 Å². The second kappa shape index (κ2) is 7.88. The van der Waals surface area contributed by atoms with Gasteiger partial charge < -0.3 is 15.3 Å². The van der Waals surface area contributed by atoms with Crippen LogP contribution in [0.2, 0.25) is 0 Å². The molecule has 1 fully saturated rings. The summed E-state index contributed by atoms with van der Waals surface area (Å²) in [5.41, 5.74) is 0.639. The molecule has 1 aliphatic heterocycles. The van der Waals surface area contributed by atoms with Gasteiger partial charge in [0, 0.05) is 18.8 Å². The van der Waals surface area contributed by atoms with E-state index in [2.05, 4.69) is 10.3 Å². The standard InChI is InChI=1S/C18H18F3N3O3S/c1-10-8-11(2-3-13(10)19)23-15(26)14-9-22-16(28-14)18(20,21)17(27)24-6-4-12(25)5-7-24/h2-3,8-9,12,25H,4-7H2,1H3,(H,23,26). The molecule has 0 radical (unpaired) electrons. The van der Waals surface area contributed by atoms with Crippen LogP contribution < -0.4 is 5.32 Å². The first-order valence-electron chi connectivity index (χ1n) is 8.57. The largest absolute Gasteiger partial charge is 0.393 e. The van der Waals surface area contributed by atoms with Crippen LogP contribution in [-0.2, 0) is 10.7 Å². The van der Waals surface area contributed by atoms with Gasteiger partial charge in [0.15, 0.2) is 5.01 Å². The fourth-order valence-corrected chi connectivity index (χ4v) is 3.58. The molecule has 150 valence electrons. The topological polar surface area (TPSA) is 82.5 Å². The van der Waals surface area contributed by atoms with Crippen LogP contribution in [0.4, 0.5) is 18.9 Å². The molecule has 0 aliphatic carbocycles. The van der Waals surface area contributed by atoms with Crippen molar-refractivity contribution >= 4 is 28.8 Å². The van der Waals surface area contributed by atoms with Crippen LogP contribution in [0.3, 0.4) is 0 Å². The van der Waals surface area contributed by atoms with E-state index in [1.807, 2.05) is 0 Å². The minimum absolute atomic E-state index is 0.0399. The molecule has 2 amide bonds. The molecule has 28 heavy (non-hydrogen) atoms. The highest BCUT2D eigenvalue weighted by atomic mass is 32.1. The first-order valence-corrected chi connectivity index (χ1v) is 9.39. The molecule has 1 aromatic heterocycles. The lowest BCUT2D eigenvalue weighted by atomic mass is 10.1. The van der Waals surface area contributed by atoms with Gasteiger partial charge >= 0.3 is 11.8 Å². The molecule has 0 bridgehead atoms. The Hall–Kier alpha value is -2.46. The molecule has 2 aromatic rings. The fourth-order valence-electron chi connectivity index (χ4n) is 2.80. The summed E-state index contributed by atoms with van der Waals surface area (Å²) < 4.78 is 42.4. The summed E-state index contributed by atoms with van der Waals surface area (Å²) >= 11 is 0.423. The maximum Gasteiger partial charge on any atom is 0.375 e. The van der Waals surface area contributed by atoms with Crippen LogP contribution >= 0.6 is 11.3 Å². The Labute approximate surface area is 163 Å². The number of aryl methyl sites for hydroxylation is 1. The number of benzene rings is 1. The van der Waals surface area contributed by atoms with Crippen molar-refractivity contribution in [2.75, 3.05) is 18.4 Å². The van der Waals surface area contributed by atoms with Gasteiger partial charge in [0.1, 0.15) is 10.7 Å². The van der Waals surface area contributed by atoms with Gasteiger partial charge in [-0.05, 0) is 43.5 Å². The Bertz CT molecular complexity index is 895. The lowest BCUT2D eigenvalue weighted by Crippen LogP contribution is -2.46. The number of carbonyl (C=O) groups is 2. The zero-order valence-corrected chi connectivity index (χ0v) is 15.7. The van der Waals surface area contributed by atoms with Gasteiger partial charge in [-0.3, -0.25) is 9.59 Å². The third-order valence-electron chi connectivity index (χ3n) is 4.43. The summed E-state index contributed by atoms with van der Waals surface area (Å²) in [6.07, 6.45) is 0.866. The van der Waals surface area contributed by atoms with Gasteiger partial charge in [-0.25, -0.2) is 9.37 Å². The van der Waals surface area contributed by atoms with Crippen molar-refractivity contribution in [3.05, 3.63) is 45.7 Å². The quantitative estimate of drug-likeness (QED) is 0.808. The maximum absolute atomic E-state index is 14.6. The minimum atomic E-state index is -3.86. The van der Waals surface area contributed by atoms with Crippen molar-refractivity contribution < 1.29 is 27.9 Å². The second-order valence-electron chi connectivity index (χ2n) is 6.55. The average Bonchev–Trinajstić information content (AvgIpc) is 3.16. The molecule has 0 spiro atoms. The van der Waals surface area contributed by atoms with Gasteiger partial charge in [-0.15, -0.1) is 11.3 Å². The summed E-state index contributed by atoms with van der Waals surface area (Å²) in [5, 5.41) is 11.2. The van der Waals surface area contributed by atoms with Gasteiger partial charge in [-0.1, -0.05) is 0 Å². The Morgan fingerprint density at radius 3 is 2.64 bits per heavy atom. The summed E-state index contributed by atoms with van der Waals surface area (Å²) in [6.45, 7) is 1.61. The number of hydrogen-bond donors (Lipinski definition) is 2. The third kappa shape index (κ3) is 4.17. The summed E-state index contributed by atoms with van der Waals surface area (Å²) in [6, 6.07) is 3.95. The van der Waals surface area contributed by atoms with Crippen molar-refractivity contribution in [2.24, 2.45) is 0 Å². The molecular weight excluding hydrogens is 395 g/mol. The molecule has 2 heterocycles. The number of aromatic nitrogens is 1. The number of anilines is 1. The summed E-state index contributed by atoms with van der Waals surface area (Å²) in [4.78, 5) is 28.9. The van der Waals surface area contributed by atoms with E-state index in [0.717, 1.165) is 11.1 Å². The number of halogens is 3. The first kappa shape index (κ1) is 20.3. The Morgan fingerprint density at radius 1 is 1.32 bits per heavy atom. The molecule has 0 unspecified atom stereocenters. The molecule has 0 saturated carbocycles. The molecule has 1 saturated heterocycles. The molecule has 3 rings (SSSR count).